The molecule has 1 N–H and O–H groups in total. The number of fused-ring (bicyclic) bond motifs is 1. The van der Waals surface area contributed by atoms with E-state index < -0.39 is 0 Å². The summed E-state index contributed by atoms with van der Waals surface area (Å²) in [6, 6.07) is 19.2. The second-order valence-corrected chi connectivity index (χ2v) is 5.08. The summed E-state index contributed by atoms with van der Waals surface area (Å²) < 4.78 is 2.30. The van der Waals surface area contributed by atoms with Crippen molar-refractivity contribution in [2.24, 2.45) is 0 Å². The van der Waals surface area contributed by atoms with E-state index in [1.165, 1.54) is 28.6 Å². The maximum Gasteiger partial charge on any atom is 0.0531 e. The molecule has 0 spiro atoms. The average Bonchev–Trinajstić information content (AvgIpc) is 2.88. The number of aryl methyl sites for hydroxylation is 1. The molecule has 102 valence electrons. The molecule has 0 amide bonds. The molecule has 0 bridgehead atoms. The van der Waals surface area contributed by atoms with Crippen molar-refractivity contribution in [3.05, 3.63) is 66.4 Å². The average molecular weight is 264 g/mol. The number of rotatable bonds is 5. The molecule has 0 saturated heterocycles. The van der Waals surface area contributed by atoms with Gasteiger partial charge in [0.05, 0.1) is 5.52 Å². The highest BCUT2D eigenvalue weighted by Crippen LogP contribution is 2.25. The van der Waals surface area contributed by atoms with Gasteiger partial charge in [0.15, 0.2) is 0 Å². The van der Waals surface area contributed by atoms with Crippen molar-refractivity contribution in [3.63, 3.8) is 0 Å². The van der Waals surface area contributed by atoms with Crippen LogP contribution in [-0.4, -0.2) is 18.2 Å². The topological polar surface area (TPSA) is 17.0 Å². The molecule has 2 aromatic carbocycles. The zero-order valence-electron chi connectivity index (χ0n) is 11.8. The maximum atomic E-state index is 3.22. The Morgan fingerprint density at radius 3 is 2.50 bits per heavy atom. The van der Waals surface area contributed by atoms with E-state index in [2.05, 4.69) is 70.7 Å². The molecular formula is C18H20N2. The lowest BCUT2D eigenvalue weighted by Crippen LogP contribution is -2.08. The first-order valence-electron chi connectivity index (χ1n) is 7.19. The van der Waals surface area contributed by atoms with Crippen LogP contribution in [0.5, 0.6) is 0 Å². The minimum absolute atomic E-state index is 1.06. The van der Waals surface area contributed by atoms with E-state index in [1.54, 1.807) is 0 Å². The largest absolute Gasteiger partial charge is 0.320 e. The van der Waals surface area contributed by atoms with Crippen molar-refractivity contribution in [1.82, 2.24) is 9.88 Å². The van der Waals surface area contributed by atoms with Gasteiger partial charge in [-0.15, -0.1) is 0 Å². The van der Waals surface area contributed by atoms with Crippen LogP contribution in [0.3, 0.4) is 0 Å². The lowest BCUT2D eigenvalue weighted by Gasteiger charge is -2.04. The van der Waals surface area contributed by atoms with Gasteiger partial charge in [-0.2, -0.15) is 0 Å². The second-order valence-electron chi connectivity index (χ2n) is 5.08. The van der Waals surface area contributed by atoms with E-state index in [-0.39, 0.29) is 0 Å². The lowest BCUT2D eigenvalue weighted by atomic mass is 10.1. The first kappa shape index (κ1) is 12.9. The molecule has 0 unspecified atom stereocenters. The number of nitrogens with zero attached hydrogens (tertiary/aromatic N) is 1. The summed E-state index contributed by atoms with van der Waals surface area (Å²) in [6.45, 7) is 1.06. The van der Waals surface area contributed by atoms with Gasteiger partial charge in [-0.25, -0.2) is 0 Å². The fourth-order valence-corrected chi connectivity index (χ4v) is 2.71. The van der Waals surface area contributed by atoms with E-state index in [9.17, 15) is 0 Å². The Kier molecular flexibility index (Phi) is 3.84. The van der Waals surface area contributed by atoms with Gasteiger partial charge in [0.25, 0.3) is 0 Å². The summed E-state index contributed by atoms with van der Waals surface area (Å²) in [4.78, 5) is 0. The lowest BCUT2D eigenvalue weighted by molar-refractivity contribution is 0.726. The highest BCUT2D eigenvalue weighted by molar-refractivity contribution is 5.85. The predicted octanol–water partition coefficient (Wildman–Crippen LogP) is 3.78. The number of aromatic nitrogens is 1. The molecule has 20 heavy (non-hydrogen) atoms. The van der Waals surface area contributed by atoms with Crippen molar-refractivity contribution in [2.45, 2.75) is 12.8 Å². The molecule has 0 fully saturated rings. The molecule has 0 radical (unpaired) electrons. The van der Waals surface area contributed by atoms with Gasteiger partial charge >= 0.3 is 0 Å². The molecule has 0 aliphatic rings. The first-order valence-corrected chi connectivity index (χ1v) is 7.19. The van der Waals surface area contributed by atoms with Crippen LogP contribution in [0.2, 0.25) is 0 Å². The van der Waals surface area contributed by atoms with Gasteiger partial charge in [0, 0.05) is 17.3 Å². The summed E-state index contributed by atoms with van der Waals surface area (Å²) in [7, 11) is 2.01. The van der Waals surface area contributed by atoms with Crippen LogP contribution in [-0.2, 0) is 6.42 Å². The van der Waals surface area contributed by atoms with Crippen LogP contribution in [0.1, 0.15) is 12.0 Å². The molecule has 0 aliphatic heterocycles. The van der Waals surface area contributed by atoms with Crippen molar-refractivity contribution >= 4 is 10.9 Å². The van der Waals surface area contributed by atoms with Crippen LogP contribution < -0.4 is 5.32 Å². The minimum atomic E-state index is 1.06. The Morgan fingerprint density at radius 1 is 0.950 bits per heavy atom. The van der Waals surface area contributed by atoms with Crippen LogP contribution in [0.15, 0.2) is 60.8 Å². The second kappa shape index (κ2) is 5.93. The Balaban J connectivity index is 2.05. The van der Waals surface area contributed by atoms with Gasteiger partial charge < -0.3 is 9.88 Å². The van der Waals surface area contributed by atoms with Crippen LogP contribution in [0, 0.1) is 0 Å². The van der Waals surface area contributed by atoms with E-state index in [4.69, 9.17) is 0 Å². The summed E-state index contributed by atoms with van der Waals surface area (Å²) in [6.07, 6.45) is 4.57. The molecule has 0 saturated carbocycles. The van der Waals surface area contributed by atoms with Gasteiger partial charge in [0.2, 0.25) is 0 Å². The van der Waals surface area contributed by atoms with Crippen molar-refractivity contribution in [2.75, 3.05) is 13.6 Å². The molecule has 2 nitrogen and oxygen atoms in total. The van der Waals surface area contributed by atoms with Crippen molar-refractivity contribution in [1.29, 1.82) is 0 Å². The summed E-state index contributed by atoms with van der Waals surface area (Å²) in [5.74, 6) is 0. The molecule has 2 heteroatoms. The van der Waals surface area contributed by atoms with E-state index in [0.717, 1.165) is 13.0 Å². The zero-order valence-corrected chi connectivity index (χ0v) is 11.8. The number of hydrogen-bond donors (Lipinski definition) is 1. The third-order valence-electron chi connectivity index (χ3n) is 3.70. The molecule has 3 aromatic rings. The third kappa shape index (κ3) is 2.47. The molecule has 3 rings (SSSR count). The normalized spacial score (nSPS) is 11.1. The number of benzene rings is 2. The van der Waals surface area contributed by atoms with Crippen molar-refractivity contribution in [3.8, 4) is 5.69 Å². The predicted molar refractivity (Wildman–Crippen MR) is 85.5 cm³/mol. The molecule has 1 heterocycles. The van der Waals surface area contributed by atoms with Crippen LogP contribution >= 0.6 is 0 Å². The molecule has 0 atom stereocenters. The van der Waals surface area contributed by atoms with E-state index >= 15 is 0 Å². The van der Waals surface area contributed by atoms with Gasteiger partial charge in [-0.3, -0.25) is 0 Å². The van der Waals surface area contributed by atoms with Gasteiger partial charge in [-0.05, 0) is 50.2 Å². The molecule has 0 aliphatic carbocycles. The quantitative estimate of drug-likeness (QED) is 0.694. The fraction of sp³-hybridized carbons (Fsp3) is 0.222. The Morgan fingerprint density at radius 2 is 1.70 bits per heavy atom. The fourth-order valence-electron chi connectivity index (χ4n) is 2.71. The molecule has 1 aromatic heterocycles. The van der Waals surface area contributed by atoms with E-state index in [1.807, 2.05) is 7.05 Å². The van der Waals surface area contributed by atoms with Crippen LogP contribution in [0.4, 0.5) is 0 Å². The highest BCUT2D eigenvalue weighted by atomic mass is 15.0. The Labute approximate surface area is 120 Å². The monoisotopic (exact) mass is 264 g/mol. The first-order chi connectivity index (χ1) is 9.90. The van der Waals surface area contributed by atoms with Crippen LogP contribution in [0.25, 0.3) is 16.6 Å². The third-order valence-corrected chi connectivity index (χ3v) is 3.70. The minimum Gasteiger partial charge on any atom is -0.320 e. The summed E-state index contributed by atoms with van der Waals surface area (Å²) >= 11 is 0. The smallest absolute Gasteiger partial charge is 0.0531 e. The number of hydrogen-bond acceptors (Lipinski definition) is 1. The highest BCUT2D eigenvalue weighted by Gasteiger charge is 2.08. The van der Waals surface area contributed by atoms with Gasteiger partial charge in [-0.1, -0.05) is 36.4 Å². The van der Waals surface area contributed by atoms with Crippen molar-refractivity contribution < 1.29 is 0 Å². The Bertz CT molecular complexity index is 683. The number of para-hydroxylation sites is 2. The molecular weight excluding hydrogens is 244 g/mol. The van der Waals surface area contributed by atoms with E-state index in [0.29, 0.717) is 0 Å². The number of nitrogens with one attached hydrogen (secondary N) is 1. The summed E-state index contributed by atoms with van der Waals surface area (Å²) in [5, 5.41) is 4.59. The SMILES string of the molecule is CNCCCc1cn(-c2ccccc2)c2ccccc12. The zero-order chi connectivity index (χ0) is 13.8. The standard InChI is InChI=1S/C18H20N2/c1-19-13-7-8-15-14-20(16-9-3-2-4-10-16)18-12-6-5-11-17(15)18/h2-6,9-12,14,19H,7-8,13H2,1H3. The summed E-state index contributed by atoms with van der Waals surface area (Å²) in [5.41, 5.74) is 3.95. The Hall–Kier alpha value is -2.06. The maximum absolute atomic E-state index is 3.22. The van der Waals surface area contributed by atoms with Gasteiger partial charge in [0.1, 0.15) is 0 Å².